The third-order valence-electron chi connectivity index (χ3n) is 12.7. The lowest BCUT2D eigenvalue weighted by Gasteiger charge is -2.62. The Morgan fingerprint density at radius 1 is 0.949 bits per heavy atom. The molecule has 5 nitrogen and oxygen atoms in total. The fourth-order valence-electron chi connectivity index (χ4n) is 10.2. The van der Waals surface area contributed by atoms with E-state index in [0.717, 1.165) is 44.9 Å². The molecule has 0 radical (unpaired) electrons. The van der Waals surface area contributed by atoms with E-state index in [0.29, 0.717) is 23.8 Å². The molecule has 4 aliphatic carbocycles. The maximum absolute atomic E-state index is 13.2. The van der Waals surface area contributed by atoms with Gasteiger partial charge in [0.05, 0.1) is 13.0 Å². The van der Waals surface area contributed by atoms with Gasteiger partial charge in [0.1, 0.15) is 6.10 Å². The number of hydrogen-bond acceptors (Lipinski definition) is 5. The minimum absolute atomic E-state index is 0.00638. The number of methoxy groups -OCH3 is 1. The van der Waals surface area contributed by atoms with Crippen molar-refractivity contribution in [1.82, 2.24) is 0 Å². The van der Waals surface area contributed by atoms with Crippen LogP contribution in [0.5, 0.6) is 0 Å². The standard InChI is InChI=1S/C34H52O5/c1-20(19-27(36)21(2)22(3)30(37)38-10)24-13-17-34(9)26-11-12-28-31(5,6)29(39-23(4)35)15-16-32(28,7)25(26)14-18-33(24,34)8/h20,22,24,28-29H,2,11-19H2,1,3-10H3/t20-,22+,24-,28+,29-,32-,33-,34+/m1/s1. The molecule has 5 heteroatoms. The van der Waals surface area contributed by atoms with E-state index in [1.54, 1.807) is 18.1 Å². The molecule has 0 saturated heterocycles. The average Bonchev–Trinajstić information content (AvgIpc) is 3.15. The Bertz CT molecular complexity index is 1080. The molecule has 0 aliphatic heterocycles. The largest absolute Gasteiger partial charge is 0.469 e. The van der Waals surface area contributed by atoms with E-state index < -0.39 is 11.9 Å². The van der Waals surface area contributed by atoms with E-state index in [1.807, 2.05) is 0 Å². The fraction of sp³-hybridized carbons (Fsp3) is 0.794. The number of allylic oxidation sites excluding steroid dienone is 2. The average molecular weight is 541 g/mol. The van der Waals surface area contributed by atoms with Crippen LogP contribution in [0.4, 0.5) is 0 Å². The lowest BCUT2D eigenvalue weighted by atomic mass is 9.43. The summed E-state index contributed by atoms with van der Waals surface area (Å²) in [5.74, 6) is 0.0298. The molecule has 39 heavy (non-hydrogen) atoms. The van der Waals surface area contributed by atoms with Gasteiger partial charge in [-0.05, 0) is 92.3 Å². The number of rotatable bonds is 7. The maximum atomic E-state index is 13.2. The molecule has 4 rings (SSSR count). The van der Waals surface area contributed by atoms with Gasteiger partial charge in [0, 0.05) is 24.3 Å². The van der Waals surface area contributed by atoms with Gasteiger partial charge in [-0.15, -0.1) is 0 Å². The third-order valence-corrected chi connectivity index (χ3v) is 12.7. The van der Waals surface area contributed by atoms with Crippen molar-refractivity contribution in [3.05, 3.63) is 23.3 Å². The molecular formula is C34H52O5. The Morgan fingerprint density at radius 3 is 2.23 bits per heavy atom. The number of carbonyl (C=O) groups is 3. The van der Waals surface area contributed by atoms with Crippen molar-refractivity contribution in [3.63, 3.8) is 0 Å². The second-order valence-electron chi connectivity index (χ2n) is 14.7. The molecule has 0 aromatic heterocycles. The molecule has 8 atom stereocenters. The van der Waals surface area contributed by atoms with Crippen molar-refractivity contribution >= 4 is 17.7 Å². The summed E-state index contributed by atoms with van der Waals surface area (Å²) >= 11 is 0. The SMILES string of the molecule is C=C(C(=O)C[C@@H](C)[C@H]1CC[C@@]2(C)C3=C(CC[C@]12C)[C@@]1(C)CC[C@@H](OC(C)=O)C(C)(C)[C@@H]1CC3)[C@H](C)C(=O)OC. The number of esters is 2. The van der Waals surface area contributed by atoms with Crippen LogP contribution in [0.15, 0.2) is 23.3 Å². The second kappa shape index (κ2) is 10.2. The normalized spacial score (nSPS) is 38.5. The highest BCUT2D eigenvalue weighted by molar-refractivity contribution is 5.99. The molecule has 0 N–H and O–H groups in total. The summed E-state index contributed by atoms with van der Waals surface area (Å²) in [6.45, 7) is 21.6. The number of Topliss-reactive ketones (excluding diaryl/α,β-unsaturated/α-hetero) is 1. The van der Waals surface area contributed by atoms with Gasteiger partial charge in [-0.1, -0.05) is 59.3 Å². The quantitative estimate of drug-likeness (QED) is 0.189. The first kappa shape index (κ1) is 30.1. The summed E-state index contributed by atoms with van der Waals surface area (Å²) in [6, 6.07) is 0. The molecule has 0 aromatic carbocycles. The Kier molecular flexibility index (Phi) is 7.84. The van der Waals surface area contributed by atoms with Crippen molar-refractivity contribution in [3.8, 4) is 0 Å². The molecule has 2 saturated carbocycles. The van der Waals surface area contributed by atoms with E-state index in [1.165, 1.54) is 20.5 Å². The minimum atomic E-state index is -0.599. The van der Waals surface area contributed by atoms with Crippen LogP contribution < -0.4 is 0 Å². The zero-order valence-corrected chi connectivity index (χ0v) is 26.0. The molecule has 0 unspecified atom stereocenters. The first-order valence-corrected chi connectivity index (χ1v) is 15.2. The summed E-state index contributed by atoms with van der Waals surface area (Å²) in [6.07, 6.45) is 9.32. The highest BCUT2D eigenvalue weighted by Gasteiger charge is 2.63. The summed E-state index contributed by atoms with van der Waals surface area (Å²) in [7, 11) is 1.35. The summed E-state index contributed by atoms with van der Waals surface area (Å²) in [5, 5.41) is 0. The van der Waals surface area contributed by atoms with E-state index in [-0.39, 0.29) is 45.4 Å². The number of carbonyl (C=O) groups excluding carboxylic acids is 3. The maximum Gasteiger partial charge on any atom is 0.312 e. The Labute approximate surface area is 236 Å². The van der Waals surface area contributed by atoms with Crippen LogP contribution in [0.3, 0.4) is 0 Å². The van der Waals surface area contributed by atoms with Gasteiger partial charge in [0.25, 0.3) is 0 Å². The Morgan fingerprint density at radius 2 is 1.62 bits per heavy atom. The number of ketones is 1. The van der Waals surface area contributed by atoms with Gasteiger partial charge in [-0.3, -0.25) is 14.4 Å². The van der Waals surface area contributed by atoms with E-state index in [2.05, 4.69) is 48.1 Å². The lowest BCUT2D eigenvalue weighted by molar-refractivity contribution is -0.167. The molecule has 0 bridgehead atoms. The topological polar surface area (TPSA) is 69.7 Å². The number of fused-ring (bicyclic) bond motifs is 4. The predicted molar refractivity (Wildman–Crippen MR) is 154 cm³/mol. The molecule has 0 spiro atoms. The summed E-state index contributed by atoms with van der Waals surface area (Å²) in [5.41, 5.74) is 4.18. The Balaban J connectivity index is 1.58. The van der Waals surface area contributed by atoms with Gasteiger partial charge >= 0.3 is 11.9 Å². The molecule has 0 aromatic rings. The van der Waals surface area contributed by atoms with Crippen LogP contribution in [-0.4, -0.2) is 30.9 Å². The zero-order chi connectivity index (χ0) is 29.1. The zero-order valence-electron chi connectivity index (χ0n) is 26.0. The third kappa shape index (κ3) is 4.54. The molecule has 0 amide bonds. The van der Waals surface area contributed by atoms with Gasteiger partial charge < -0.3 is 9.47 Å². The highest BCUT2D eigenvalue weighted by atomic mass is 16.5. The van der Waals surface area contributed by atoms with Crippen LogP contribution >= 0.6 is 0 Å². The summed E-state index contributed by atoms with van der Waals surface area (Å²) in [4.78, 5) is 37.0. The van der Waals surface area contributed by atoms with Crippen molar-refractivity contribution < 1.29 is 23.9 Å². The van der Waals surface area contributed by atoms with Gasteiger partial charge in [0.15, 0.2) is 5.78 Å². The number of hydrogen-bond donors (Lipinski definition) is 0. The smallest absolute Gasteiger partial charge is 0.312 e. The molecule has 4 aliphatic rings. The van der Waals surface area contributed by atoms with Crippen LogP contribution in [0.1, 0.15) is 113 Å². The fourth-order valence-corrected chi connectivity index (χ4v) is 10.2. The van der Waals surface area contributed by atoms with Crippen molar-refractivity contribution in [2.24, 2.45) is 45.3 Å². The van der Waals surface area contributed by atoms with Crippen LogP contribution in [0, 0.1) is 45.3 Å². The van der Waals surface area contributed by atoms with Crippen LogP contribution in [0.25, 0.3) is 0 Å². The molecule has 2 fully saturated rings. The second-order valence-corrected chi connectivity index (χ2v) is 14.7. The Hall–Kier alpha value is -1.91. The first-order chi connectivity index (χ1) is 18.0. The van der Waals surface area contributed by atoms with Crippen LogP contribution in [0.2, 0.25) is 0 Å². The van der Waals surface area contributed by atoms with E-state index in [9.17, 15) is 14.4 Å². The monoisotopic (exact) mass is 540 g/mol. The van der Waals surface area contributed by atoms with E-state index >= 15 is 0 Å². The van der Waals surface area contributed by atoms with Crippen LogP contribution in [-0.2, 0) is 23.9 Å². The van der Waals surface area contributed by atoms with Crippen molar-refractivity contribution in [2.45, 2.75) is 119 Å². The van der Waals surface area contributed by atoms with Crippen molar-refractivity contribution in [2.75, 3.05) is 7.11 Å². The van der Waals surface area contributed by atoms with Gasteiger partial charge in [-0.2, -0.15) is 0 Å². The minimum Gasteiger partial charge on any atom is -0.469 e. The molecular weight excluding hydrogens is 488 g/mol. The lowest BCUT2D eigenvalue weighted by Crippen LogP contribution is -2.55. The van der Waals surface area contributed by atoms with Gasteiger partial charge in [-0.25, -0.2) is 0 Å². The molecule has 0 heterocycles. The number of ether oxygens (including phenoxy) is 2. The van der Waals surface area contributed by atoms with Crippen molar-refractivity contribution in [1.29, 1.82) is 0 Å². The highest BCUT2D eigenvalue weighted by Crippen LogP contribution is 2.72. The van der Waals surface area contributed by atoms with Gasteiger partial charge in [0.2, 0.25) is 0 Å². The van der Waals surface area contributed by atoms with E-state index in [4.69, 9.17) is 9.47 Å². The summed E-state index contributed by atoms with van der Waals surface area (Å²) < 4.78 is 10.7. The first-order valence-electron chi connectivity index (χ1n) is 15.2. The predicted octanol–water partition coefficient (Wildman–Crippen LogP) is 7.63. The molecule has 218 valence electrons.